The number of aromatic nitrogens is 1. The van der Waals surface area contributed by atoms with Crippen LogP contribution in [0, 0.1) is 5.41 Å². The Hall–Kier alpha value is -4.20. The number of nitrogens with zero attached hydrogens (tertiary/aromatic N) is 2. The second-order valence-electron chi connectivity index (χ2n) is 11.4. The van der Waals surface area contributed by atoms with Gasteiger partial charge in [0.2, 0.25) is 17.7 Å². The number of carbonyl (C=O) groups is 3. The van der Waals surface area contributed by atoms with E-state index in [9.17, 15) is 14.4 Å². The first-order valence-electron chi connectivity index (χ1n) is 13.3. The smallest absolute Gasteiger partial charge is 0.244 e. The first-order valence-corrected chi connectivity index (χ1v) is 13.3. The van der Waals surface area contributed by atoms with Crippen molar-refractivity contribution in [1.29, 1.82) is 0 Å². The van der Waals surface area contributed by atoms with E-state index in [1.165, 1.54) is 0 Å². The van der Waals surface area contributed by atoms with E-state index in [0.29, 0.717) is 30.1 Å². The van der Waals surface area contributed by atoms with Crippen LogP contribution in [0.15, 0.2) is 60.8 Å². The van der Waals surface area contributed by atoms with E-state index in [1.54, 1.807) is 18.2 Å². The molecule has 3 heterocycles. The number of anilines is 2. The summed E-state index contributed by atoms with van der Waals surface area (Å²) in [5.74, 6) is 0.992. The third kappa shape index (κ3) is 4.15. The van der Waals surface area contributed by atoms with Crippen molar-refractivity contribution in [3.63, 3.8) is 0 Å². The highest BCUT2D eigenvalue weighted by molar-refractivity contribution is 6.06. The molecule has 1 spiro atoms. The number of benzene rings is 2. The van der Waals surface area contributed by atoms with Gasteiger partial charge in [-0.3, -0.25) is 14.4 Å². The summed E-state index contributed by atoms with van der Waals surface area (Å²) in [6.45, 7) is 3.80. The molecule has 0 bridgehead atoms. The molecule has 1 fully saturated rings. The number of likely N-dealkylation sites (tertiary alicyclic amines) is 1. The van der Waals surface area contributed by atoms with E-state index >= 15 is 0 Å². The Bertz CT molecular complexity index is 1500. The van der Waals surface area contributed by atoms with Gasteiger partial charge >= 0.3 is 0 Å². The lowest BCUT2D eigenvalue weighted by atomic mass is 9.78. The van der Waals surface area contributed by atoms with E-state index in [2.05, 4.69) is 15.6 Å². The minimum Gasteiger partial charge on any atom is -0.496 e. The molecule has 2 N–H and O–H groups in total. The van der Waals surface area contributed by atoms with Crippen LogP contribution in [0.4, 0.5) is 11.5 Å². The third-order valence-corrected chi connectivity index (χ3v) is 8.54. The lowest BCUT2D eigenvalue weighted by Gasteiger charge is -2.43. The number of rotatable bonds is 5. The van der Waals surface area contributed by atoms with Crippen molar-refractivity contribution >= 4 is 29.2 Å². The number of fused-ring (bicyclic) bond motifs is 3. The molecule has 1 aromatic heterocycles. The first kappa shape index (κ1) is 25.1. The van der Waals surface area contributed by atoms with Crippen LogP contribution in [0.2, 0.25) is 0 Å². The summed E-state index contributed by atoms with van der Waals surface area (Å²) in [6, 6.07) is 17.0. The quantitative estimate of drug-likeness (QED) is 0.515. The molecular weight excluding hydrogens is 492 g/mol. The molecule has 2 atom stereocenters. The Morgan fingerprint density at radius 3 is 2.72 bits per heavy atom. The van der Waals surface area contributed by atoms with Crippen molar-refractivity contribution in [2.75, 3.05) is 24.3 Å². The lowest BCUT2D eigenvalue weighted by molar-refractivity contribution is -0.150. The zero-order valence-corrected chi connectivity index (χ0v) is 22.4. The van der Waals surface area contributed by atoms with Gasteiger partial charge in [-0.2, -0.15) is 0 Å². The molecule has 1 aliphatic carbocycles. The standard InChI is InChI=1S/C31H32N4O4/c1-30(2)13-12-24(22-7-4-5-9-25(22)39-3)35(29(30)38)18-26(36)33-21-11-10-19-16-31(17-20(19)15-21)23-8-6-14-32-27(23)34-28(31)37/h4-11,14-15,24H,12-13,16-18H2,1-3H3,(H,33,36)(H,32,34,37)/t24-,31-/m1/s1. The van der Waals surface area contributed by atoms with Crippen LogP contribution < -0.4 is 15.4 Å². The van der Waals surface area contributed by atoms with Crippen LogP contribution >= 0.6 is 0 Å². The summed E-state index contributed by atoms with van der Waals surface area (Å²) in [7, 11) is 1.62. The summed E-state index contributed by atoms with van der Waals surface area (Å²) in [4.78, 5) is 45.9. The fourth-order valence-electron chi connectivity index (χ4n) is 6.44. The molecule has 1 saturated heterocycles. The summed E-state index contributed by atoms with van der Waals surface area (Å²) in [5, 5.41) is 5.93. The average Bonchev–Trinajstić information content (AvgIpc) is 3.44. The van der Waals surface area contributed by atoms with Gasteiger partial charge in [0, 0.05) is 28.4 Å². The molecule has 2 aromatic carbocycles. The number of amides is 3. The topological polar surface area (TPSA) is 101 Å². The lowest BCUT2D eigenvalue weighted by Crippen LogP contribution is -2.50. The first-order chi connectivity index (χ1) is 18.7. The van der Waals surface area contributed by atoms with Gasteiger partial charge in [-0.25, -0.2) is 4.98 Å². The number of carbonyl (C=O) groups excluding carboxylic acids is 3. The number of pyridine rings is 1. The Balaban J connectivity index is 1.22. The maximum atomic E-state index is 13.5. The molecule has 3 aliphatic rings. The normalized spacial score (nSPS) is 22.8. The van der Waals surface area contributed by atoms with Gasteiger partial charge in [0.25, 0.3) is 0 Å². The molecule has 0 radical (unpaired) electrons. The molecular formula is C31H32N4O4. The number of hydrogen-bond acceptors (Lipinski definition) is 5. The highest BCUT2D eigenvalue weighted by Crippen LogP contribution is 2.47. The van der Waals surface area contributed by atoms with Crippen LogP contribution in [0.3, 0.4) is 0 Å². The summed E-state index contributed by atoms with van der Waals surface area (Å²) in [6.07, 6.45) is 4.29. The summed E-state index contributed by atoms with van der Waals surface area (Å²) >= 11 is 0. The Morgan fingerprint density at radius 1 is 1.10 bits per heavy atom. The monoisotopic (exact) mass is 524 g/mol. The van der Waals surface area contributed by atoms with E-state index in [1.807, 2.05) is 68.4 Å². The molecule has 3 amide bonds. The average molecular weight is 525 g/mol. The molecule has 2 aliphatic heterocycles. The molecule has 8 nitrogen and oxygen atoms in total. The van der Waals surface area contributed by atoms with Crippen molar-refractivity contribution in [2.45, 2.75) is 51.0 Å². The highest BCUT2D eigenvalue weighted by atomic mass is 16.5. The molecule has 39 heavy (non-hydrogen) atoms. The van der Waals surface area contributed by atoms with E-state index in [4.69, 9.17) is 4.74 Å². The molecule has 8 heteroatoms. The van der Waals surface area contributed by atoms with Gasteiger partial charge in [-0.15, -0.1) is 0 Å². The zero-order valence-electron chi connectivity index (χ0n) is 22.4. The Morgan fingerprint density at radius 2 is 1.90 bits per heavy atom. The molecule has 200 valence electrons. The van der Waals surface area contributed by atoms with Crippen LogP contribution in [0.1, 0.15) is 55.0 Å². The highest BCUT2D eigenvalue weighted by Gasteiger charge is 2.51. The van der Waals surface area contributed by atoms with Gasteiger partial charge in [0.1, 0.15) is 18.1 Å². The number of piperidine rings is 1. The van der Waals surface area contributed by atoms with Crippen LogP contribution in [0.25, 0.3) is 0 Å². The van der Waals surface area contributed by atoms with Gasteiger partial charge in [-0.05, 0) is 61.1 Å². The van der Waals surface area contributed by atoms with Gasteiger partial charge in [0.15, 0.2) is 0 Å². The molecule has 6 rings (SSSR count). The van der Waals surface area contributed by atoms with Gasteiger partial charge in [0.05, 0.1) is 18.6 Å². The number of methoxy groups -OCH3 is 1. The molecule has 0 saturated carbocycles. The van der Waals surface area contributed by atoms with Crippen molar-refractivity contribution < 1.29 is 19.1 Å². The summed E-state index contributed by atoms with van der Waals surface area (Å²) in [5.41, 5.74) is 3.38. The minimum absolute atomic E-state index is 0.0356. The maximum Gasteiger partial charge on any atom is 0.244 e. The van der Waals surface area contributed by atoms with Crippen LogP contribution in [0.5, 0.6) is 5.75 Å². The third-order valence-electron chi connectivity index (χ3n) is 8.54. The van der Waals surface area contributed by atoms with E-state index in [-0.39, 0.29) is 30.3 Å². The number of hydrogen-bond donors (Lipinski definition) is 2. The largest absolute Gasteiger partial charge is 0.496 e. The minimum atomic E-state index is -0.664. The number of ether oxygens (including phenoxy) is 1. The molecule has 0 unspecified atom stereocenters. The predicted octanol–water partition coefficient (Wildman–Crippen LogP) is 4.41. The number of nitrogens with one attached hydrogen (secondary N) is 2. The van der Waals surface area contributed by atoms with Crippen LogP contribution in [-0.2, 0) is 32.6 Å². The van der Waals surface area contributed by atoms with Gasteiger partial charge in [-0.1, -0.05) is 44.2 Å². The van der Waals surface area contributed by atoms with E-state index in [0.717, 1.165) is 35.1 Å². The molecule has 3 aromatic rings. The Labute approximate surface area is 227 Å². The predicted molar refractivity (Wildman–Crippen MR) is 147 cm³/mol. The second kappa shape index (κ2) is 9.22. The second-order valence-corrected chi connectivity index (χ2v) is 11.4. The van der Waals surface area contributed by atoms with Gasteiger partial charge < -0.3 is 20.3 Å². The maximum absolute atomic E-state index is 13.5. The number of para-hydroxylation sites is 1. The van der Waals surface area contributed by atoms with Crippen molar-refractivity contribution in [3.8, 4) is 5.75 Å². The van der Waals surface area contributed by atoms with Crippen molar-refractivity contribution in [3.05, 3.63) is 83.0 Å². The van der Waals surface area contributed by atoms with Crippen molar-refractivity contribution in [1.82, 2.24) is 9.88 Å². The fourth-order valence-corrected chi connectivity index (χ4v) is 6.44. The SMILES string of the molecule is COc1ccccc1[C@H]1CCC(C)(C)C(=O)N1CC(=O)Nc1ccc2c(c1)C[C@@]1(C2)C(=O)Nc2ncccc21. The van der Waals surface area contributed by atoms with E-state index < -0.39 is 10.8 Å². The fraction of sp³-hybridized carbons (Fsp3) is 0.355. The summed E-state index contributed by atoms with van der Waals surface area (Å²) < 4.78 is 5.58. The zero-order chi connectivity index (χ0) is 27.4. The van der Waals surface area contributed by atoms with Crippen molar-refractivity contribution in [2.24, 2.45) is 5.41 Å². The Kier molecular flexibility index (Phi) is 5.93. The van der Waals surface area contributed by atoms with Crippen LogP contribution in [-0.4, -0.2) is 41.3 Å².